The molecule has 0 aliphatic rings. The molecular weight excluding hydrogens is 284 g/mol. The van der Waals surface area contributed by atoms with Crippen LogP contribution >= 0.6 is 11.8 Å². The summed E-state index contributed by atoms with van der Waals surface area (Å²) in [6.07, 6.45) is 0. The minimum Gasteiger partial charge on any atom is -0.497 e. The highest BCUT2D eigenvalue weighted by atomic mass is 32.2. The predicted octanol–water partition coefficient (Wildman–Crippen LogP) is 3.22. The van der Waals surface area contributed by atoms with Crippen LogP contribution in [0, 0.1) is 0 Å². The Labute approximate surface area is 129 Å². The van der Waals surface area contributed by atoms with E-state index >= 15 is 0 Å². The van der Waals surface area contributed by atoms with Crippen molar-refractivity contribution in [1.29, 1.82) is 0 Å². The van der Waals surface area contributed by atoms with Crippen molar-refractivity contribution in [3.8, 4) is 5.75 Å². The van der Waals surface area contributed by atoms with Gasteiger partial charge in [-0.3, -0.25) is 0 Å². The molecular formula is C15H20N4OS. The van der Waals surface area contributed by atoms with Crippen LogP contribution in [-0.2, 0) is 5.41 Å². The second-order valence-corrected chi connectivity index (χ2v) is 6.68. The van der Waals surface area contributed by atoms with Gasteiger partial charge < -0.3 is 10.2 Å². The second kappa shape index (κ2) is 6.32. The van der Waals surface area contributed by atoms with Crippen molar-refractivity contribution in [3.63, 3.8) is 0 Å². The number of benzene rings is 1. The third-order valence-electron chi connectivity index (χ3n) is 2.78. The highest BCUT2D eigenvalue weighted by Crippen LogP contribution is 2.31. The first kappa shape index (κ1) is 15.6. The molecule has 0 saturated carbocycles. The maximum Gasteiger partial charge on any atom is 0.144 e. The summed E-state index contributed by atoms with van der Waals surface area (Å²) in [5.41, 5.74) is 2.46. The standard InChI is InChI=1S/C15H20N4OS/c1-15(2,3)14-17-12(19-16)9-13(18-14)21-11-7-5-6-10(8-11)20-4/h5-9H,16H2,1-4H3,(H,17,18,19). The van der Waals surface area contributed by atoms with E-state index in [0.717, 1.165) is 21.5 Å². The van der Waals surface area contributed by atoms with Gasteiger partial charge in [0.05, 0.1) is 7.11 Å². The average Bonchev–Trinajstić information content (AvgIpc) is 2.46. The van der Waals surface area contributed by atoms with Gasteiger partial charge in [0.2, 0.25) is 0 Å². The van der Waals surface area contributed by atoms with Crippen molar-refractivity contribution < 1.29 is 4.74 Å². The fourth-order valence-electron chi connectivity index (χ4n) is 1.67. The molecule has 112 valence electrons. The van der Waals surface area contributed by atoms with E-state index < -0.39 is 0 Å². The number of nitrogens with two attached hydrogens (primary N) is 1. The highest BCUT2D eigenvalue weighted by molar-refractivity contribution is 7.99. The van der Waals surface area contributed by atoms with Crippen LogP contribution in [0.3, 0.4) is 0 Å². The van der Waals surface area contributed by atoms with Crippen molar-refractivity contribution in [2.24, 2.45) is 5.84 Å². The zero-order valence-corrected chi connectivity index (χ0v) is 13.5. The van der Waals surface area contributed by atoms with Gasteiger partial charge in [-0.15, -0.1) is 0 Å². The summed E-state index contributed by atoms with van der Waals surface area (Å²) < 4.78 is 5.24. The molecule has 1 aromatic heterocycles. The van der Waals surface area contributed by atoms with Crippen molar-refractivity contribution in [2.75, 3.05) is 12.5 Å². The number of hydrogen-bond donors (Lipinski definition) is 2. The Bertz CT molecular complexity index is 625. The molecule has 2 aromatic rings. The molecule has 6 heteroatoms. The number of nitrogens with zero attached hydrogens (tertiary/aromatic N) is 2. The molecule has 1 aromatic carbocycles. The van der Waals surface area contributed by atoms with E-state index in [2.05, 4.69) is 36.2 Å². The van der Waals surface area contributed by atoms with Crippen molar-refractivity contribution in [2.45, 2.75) is 36.1 Å². The summed E-state index contributed by atoms with van der Waals surface area (Å²) in [4.78, 5) is 10.1. The first-order valence-corrected chi connectivity index (χ1v) is 7.42. The molecule has 1 heterocycles. The lowest BCUT2D eigenvalue weighted by Gasteiger charge is -2.18. The monoisotopic (exact) mass is 304 g/mol. The normalized spacial score (nSPS) is 11.3. The van der Waals surface area contributed by atoms with Gasteiger partial charge in [-0.05, 0) is 18.2 Å². The number of hydrazine groups is 1. The zero-order chi connectivity index (χ0) is 15.5. The highest BCUT2D eigenvalue weighted by Gasteiger charge is 2.19. The Balaban J connectivity index is 2.34. The van der Waals surface area contributed by atoms with Gasteiger partial charge in [0.15, 0.2) is 0 Å². The quantitative estimate of drug-likeness (QED) is 0.513. The zero-order valence-electron chi connectivity index (χ0n) is 12.7. The van der Waals surface area contributed by atoms with Gasteiger partial charge in [-0.1, -0.05) is 38.6 Å². The molecule has 0 aliphatic heterocycles. The largest absolute Gasteiger partial charge is 0.497 e. The molecule has 0 fully saturated rings. The first-order valence-electron chi connectivity index (χ1n) is 6.60. The van der Waals surface area contributed by atoms with Crippen LogP contribution in [0.15, 0.2) is 40.3 Å². The van der Waals surface area contributed by atoms with Crippen LogP contribution in [0.5, 0.6) is 5.75 Å². The Morgan fingerprint density at radius 1 is 1.19 bits per heavy atom. The summed E-state index contributed by atoms with van der Waals surface area (Å²) >= 11 is 1.55. The van der Waals surface area contributed by atoms with Crippen molar-refractivity contribution in [1.82, 2.24) is 9.97 Å². The van der Waals surface area contributed by atoms with E-state index in [4.69, 9.17) is 10.6 Å². The predicted molar refractivity (Wildman–Crippen MR) is 85.7 cm³/mol. The Kier molecular flexibility index (Phi) is 4.69. The Hall–Kier alpha value is -1.79. The van der Waals surface area contributed by atoms with Crippen LogP contribution in [0.25, 0.3) is 0 Å². The average molecular weight is 304 g/mol. The maximum atomic E-state index is 5.50. The van der Waals surface area contributed by atoms with E-state index in [9.17, 15) is 0 Å². The summed E-state index contributed by atoms with van der Waals surface area (Å²) in [6.45, 7) is 6.22. The summed E-state index contributed by atoms with van der Waals surface area (Å²) in [6, 6.07) is 9.69. The number of rotatable bonds is 4. The fraction of sp³-hybridized carbons (Fsp3) is 0.333. The molecule has 0 amide bonds. The molecule has 2 rings (SSSR count). The lowest BCUT2D eigenvalue weighted by Crippen LogP contribution is -2.19. The van der Waals surface area contributed by atoms with Crippen LogP contribution in [0.1, 0.15) is 26.6 Å². The van der Waals surface area contributed by atoms with Gasteiger partial charge in [-0.25, -0.2) is 15.8 Å². The topological polar surface area (TPSA) is 73.1 Å². The third kappa shape index (κ3) is 4.09. The van der Waals surface area contributed by atoms with Crippen LogP contribution in [-0.4, -0.2) is 17.1 Å². The van der Waals surface area contributed by atoms with E-state index in [1.54, 1.807) is 18.9 Å². The fourth-order valence-corrected chi connectivity index (χ4v) is 2.54. The van der Waals surface area contributed by atoms with Gasteiger partial charge in [0, 0.05) is 16.4 Å². The molecule has 21 heavy (non-hydrogen) atoms. The lowest BCUT2D eigenvalue weighted by atomic mass is 9.96. The van der Waals surface area contributed by atoms with Crippen molar-refractivity contribution in [3.05, 3.63) is 36.2 Å². The number of aromatic nitrogens is 2. The van der Waals surface area contributed by atoms with E-state index in [0.29, 0.717) is 5.82 Å². The maximum absolute atomic E-state index is 5.50. The smallest absolute Gasteiger partial charge is 0.144 e. The third-order valence-corrected chi connectivity index (χ3v) is 3.69. The molecule has 0 spiro atoms. The molecule has 0 atom stereocenters. The first-order chi connectivity index (χ1) is 9.92. The van der Waals surface area contributed by atoms with Crippen LogP contribution in [0.4, 0.5) is 5.82 Å². The van der Waals surface area contributed by atoms with Crippen LogP contribution in [0.2, 0.25) is 0 Å². The molecule has 0 saturated heterocycles. The van der Waals surface area contributed by atoms with Gasteiger partial charge in [0.1, 0.15) is 22.4 Å². The number of hydrogen-bond acceptors (Lipinski definition) is 6. The van der Waals surface area contributed by atoms with E-state index in [1.165, 1.54) is 0 Å². The number of anilines is 1. The molecule has 0 radical (unpaired) electrons. The lowest BCUT2D eigenvalue weighted by molar-refractivity contribution is 0.413. The van der Waals surface area contributed by atoms with Crippen molar-refractivity contribution >= 4 is 17.6 Å². The number of ether oxygens (including phenoxy) is 1. The molecule has 0 bridgehead atoms. The SMILES string of the molecule is COc1cccc(Sc2cc(NN)nc(C(C)(C)C)n2)c1. The number of nitrogen functional groups attached to an aromatic ring is 1. The van der Waals surface area contributed by atoms with E-state index in [1.807, 2.05) is 30.3 Å². The summed E-state index contributed by atoms with van der Waals surface area (Å²) in [5.74, 6) is 7.69. The van der Waals surface area contributed by atoms with Crippen LogP contribution < -0.4 is 16.0 Å². The minimum absolute atomic E-state index is 0.142. The number of methoxy groups -OCH3 is 1. The Morgan fingerprint density at radius 2 is 1.95 bits per heavy atom. The second-order valence-electron chi connectivity index (χ2n) is 5.59. The number of nitrogens with one attached hydrogen (secondary N) is 1. The van der Waals surface area contributed by atoms with E-state index in [-0.39, 0.29) is 5.41 Å². The van der Waals surface area contributed by atoms with Gasteiger partial charge in [0.25, 0.3) is 0 Å². The molecule has 3 N–H and O–H groups in total. The molecule has 0 unspecified atom stereocenters. The van der Waals surface area contributed by atoms with Gasteiger partial charge >= 0.3 is 0 Å². The van der Waals surface area contributed by atoms with Gasteiger partial charge in [-0.2, -0.15) is 0 Å². The Morgan fingerprint density at radius 3 is 2.57 bits per heavy atom. The molecule has 0 aliphatic carbocycles. The summed E-state index contributed by atoms with van der Waals surface area (Å²) in [7, 11) is 1.66. The minimum atomic E-state index is -0.142. The molecule has 5 nitrogen and oxygen atoms in total. The summed E-state index contributed by atoms with van der Waals surface area (Å²) in [5, 5.41) is 0.844.